The fraction of sp³-hybridized carbons (Fsp3) is 0.367. The van der Waals surface area contributed by atoms with Gasteiger partial charge in [-0.25, -0.2) is 4.98 Å². The van der Waals surface area contributed by atoms with Gasteiger partial charge in [-0.1, -0.05) is 31.5 Å². The van der Waals surface area contributed by atoms with Crippen LogP contribution >= 0.6 is 24.2 Å². The summed E-state index contributed by atoms with van der Waals surface area (Å²) in [5.74, 6) is 0.560. The highest BCUT2D eigenvalue weighted by Gasteiger charge is 2.22. The lowest BCUT2D eigenvalue weighted by Gasteiger charge is -2.23. The number of fused-ring (bicyclic) bond motifs is 1. The Balaban J connectivity index is 0.00000155. The van der Waals surface area contributed by atoms with Gasteiger partial charge in [0, 0.05) is 43.7 Å². The Morgan fingerprint density at radius 2 is 1.98 bits per heavy atom. The number of hydrogen-bond donors (Lipinski definition) is 5. The summed E-state index contributed by atoms with van der Waals surface area (Å²) in [5, 5.41) is 7.25. The van der Waals surface area contributed by atoms with Gasteiger partial charge >= 0.3 is 6.47 Å². The van der Waals surface area contributed by atoms with Gasteiger partial charge in [-0.15, -0.1) is 0 Å². The summed E-state index contributed by atoms with van der Waals surface area (Å²) in [6.07, 6.45) is 4.75. The molecule has 11 nitrogen and oxygen atoms in total. The lowest BCUT2D eigenvalue weighted by Crippen LogP contribution is -2.45. The third-order valence-corrected chi connectivity index (χ3v) is 6.58. The molecule has 0 amide bonds. The number of aliphatic imine (C=N–C) groups is 2. The summed E-state index contributed by atoms with van der Waals surface area (Å²) >= 11 is 9.67. The number of carbonyl (C=O) groups is 1. The quantitative estimate of drug-likeness (QED) is 0.0570. The molecule has 2 aromatic heterocycles. The number of halogens is 1. The van der Waals surface area contributed by atoms with E-state index in [-0.39, 0.29) is 35.0 Å². The van der Waals surface area contributed by atoms with Crippen molar-refractivity contribution >= 4 is 65.0 Å². The molecule has 1 aliphatic heterocycles. The van der Waals surface area contributed by atoms with Crippen molar-refractivity contribution in [3.63, 3.8) is 0 Å². The van der Waals surface area contributed by atoms with Gasteiger partial charge in [0.25, 0.3) is 0 Å². The Kier molecular flexibility index (Phi) is 14.2. The van der Waals surface area contributed by atoms with Crippen LogP contribution in [0.3, 0.4) is 0 Å². The van der Waals surface area contributed by atoms with E-state index in [2.05, 4.69) is 48.5 Å². The Morgan fingerprint density at radius 1 is 1.28 bits per heavy atom. The Labute approximate surface area is 262 Å². The molecule has 1 aromatic carbocycles. The van der Waals surface area contributed by atoms with Crippen LogP contribution in [0.5, 0.6) is 0 Å². The maximum absolute atomic E-state index is 13.5. The fourth-order valence-electron chi connectivity index (χ4n) is 4.23. The van der Waals surface area contributed by atoms with Gasteiger partial charge in [0.15, 0.2) is 11.3 Å². The zero-order valence-electron chi connectivity index (χ0n) is 25.5. The second-order valence-electron chi connectivity index (χ2n) is 9.11. The number of allylic oxidation sites excluding steroid dienone is 1. The van der Waals surface area contributed by atoms with E-state index in [4.69, 9.17) is 21.8 Å². The van der Waals surface area contributed by atoms with E-state index in [9.17, 15) is 9.59 Å². The molecule has 3 heterocycles. The van der Waals surface area contributed by atoms with E-state index < -0.39 is 0 Å². The SMILES string of the molecule is CC.CN=C(NOC=O)c1nc(Cl)ccc1NC(C)c1cc(C)cc2c(=O)c(C)c(/C(C=NC3CNC3)=C/N)oc12.CS. The molecule has 1 saturated heterocycles. The minimum Gasteiger partial charge on any atom is -0.455 e. The summed E-state index contributed by atoms with van der Waals surface area (Å²) in [6.45, 7) is 11.4. The van der Waals surface area contributed by atoms with Gasteiger partial charge < -0.3 is 25.6 Å². The van der Waals surface area contributed by atoms with Crippen LogP contribution in [0.4, 0.5) is 5.69 Å². The average molecular weight is 630 g/mol. The fourth-order valence-corrected chi connectivity index (χ4v) is 4.38. The van der Waals surface area contributed by atoms with Crippen molar-refractivity contribution in [1.29, 1.82) is 0 Å². The predicted molar refractivity (Wildman–Crippen MR) is 180 cm³/mol. The summed E-state index contributed by atoms with van der Waals surface area (Å²) < 4.78 is 6.40. The van der Waals surface area contributed by atoms with Crippen LogP contribution in [0.25, 0.3) is 16.5 Å². The first-order valence-electron chi connectivity index (χ1n) is 13.7. The minimum absolute atomic E-state index is 0.147. The van der Waals surface area contributed by atoms with E-state index in [1.807, 2.05) is 39.8 Å². The molecule has 1 atom stereocenters. The summed E-state index contributed by atoms with van der Waals surface area (Å²) in [6, 6.07) is 6.93. The van der Waals surface area contributed by atoms with E-state index in [0.29, 0.717) is 39.2 Å². The maximum Gasteiger partial charge on any atom is 0.320 e. The Morgan fingerprint density at radius 3 is 2.56 bits per heavy atom. The molecule has 232 valence electrons. The number of pyridine rings is 1. The number of anilines is 1. The third kappa shape index (κ3) is 8.59. The van der Waals surface area contributed by atoms with E-state index in [0.717, 1.165) is 24.2 Å². The second-order valence-corrected chi connectivity index (χ2v) is 9.50. The lowest BCUT2D eigenvalue weighted by molar-refractivity contribution is -0.132. The normalized spacial score (nSPS) is 14.2. The molecule has 0 radical (unpaired) electrons. The molecule has 1 aliphatic rings. The van der Waals surface area contributed by atoms with Crippen molar-refractivity contribution in [2.24, 2.45) is 15.7 Å². The third-order valence-electron chi connectivity index (χ3n) is 6.37. The summed E-state index contributed by atoms with van der Waals surface area (Å²) in [7, 11) is 1.52. The molecule has 13 heteroatoms. The van der Waals surface area contributed by atoms with Crippen molar-refractivity contribution in [3.8, 4) is 0 Å². The average Bonchev–Trinajstić information content (AvgIpc) is 3.00. The lowest BCUT2D eigenvalue weighted by atomic mass is 9.99. The molecule has 43 heavy (non-hydrogen) atoms. The molecule has 3 aromatic rings. The van der Waals surface area contributed by atoms with Crippen molar-refractivity contribution in [3.05, 3.63) is 74.0 Å². The molecular formula is C30H40ClN7O4S. The van der Waals surface area contributed by atoms with Crippen LogP contribution < -0.4 is 27.3 Å². The van der Waals surface area contributed by atoms with Crippen molar-refractivity contribution in [2.45, 2.75) is 46.7 Å². The molecule has 0 spiro atoms. The van der Waals surface area contributed by atoms with Crippen LogP contribution in [0.2, 0.25) is 5.15 Å². The molecule has 1 fully saturated rings. The number of aryl methyl sites for hydroxylation is 1. The topological polar surface area (TPSA) is 156 Å². The number of rotatable bonds is 9. The number of nitrogens with two attached hydrogens (primary N) is 1. The van der Waals surface area contributed by atoms with Crippen molar-refractivity contribution in [2.75, 3.05) is 31.7 Å². The van der Waals surface area contributed by atoms with Crippen molar-refractivity contribution in [1.82, 2.24) is 15.8 Å². The number of hydroxylamine groups is 1. The van der Waals surface area contributed by atoms with E-state index in [1.54, 1.807) is 31.5 Å². The van der Waals surface area contributed by atoms with Crippen LogP contribution in [0.1, 0.15) is 55.0 Å². The molecule has 0 aliphatic carbocycles. The second kappa shape index (κ2) is 17.3. The van der Waals surface area contributed by atoms with E-state index >= 15 is 0 Å². The predicted octanol–water partition coefficient (Wildman–Crippen LogP) is 4.60. The number of benzene rings is 1. The zero-order chi connectivity index (χ0) is 32.1. The highest BCUT2D eigenvalue weighted by atomic mass is 35.5. The van der Waals surface area contributed by atoms with Gasteiger partial charge in [0.2, 0.25) is 0 Å². The van der Waals surface area contributed by atoms with Gasteiger partial charge in [-0.05, 0) is 50.8 Å². The first-order chi connectivity index (χ1) is 20.8. The van der Waals surface area contributed by atoms with Gasteiger partial charge in [-0.2, -0.15) is 18.1 Å². The van der Waals surface area contributed by atoms with Gasteiger partial charge in [0.1, 0.15) is 22.2 Å². The van der Waals surface area contributed by atoms with Gasteiger partial charge in [0.05, 0.1) is 28.7 Å². The van der Waals surface area contributed by atoms with Gasteiger partial charge in [-0.3, -0.25) is 19.6 Å². The first-order valence-corrected chi connectivity index (χ1v) is 15.0. The number of amidine groups is 1. The summed E-state index contributed by atoms with van der Waals surface area (Å²) in [4.78, 5) is 41.9. The van der Waals surface area contributed by atoms with Crippen LogP contribution in [0.15, 0.2) is 49.7 Å². The van der Waals surface area contributed by atoms with Crippen LogP contribution in [0, 0.1) is 13.8 Å². The number of thiol groups is 1. The molecule has 0 bridgehead atoms. The van der Waals surface area contributed by atoms with Crippen LogP contribution in [-0.2, 0) is 9.63 Å². The minimum atomic E-state index is -0.363. The summed E-state index contributed by atoms with van der Waals surface area (Å²) in [5.41, 5.74) is 12.2. The zero-order valence-corrected chi connectivity index (χ0v) is 27.1. The number of nitrogens with zero attached hydrogens (tertiary/aromatic N) is 3. The number of hydrogen-bond acceptors (Lipinski definition) is 11. The smallest absolute Gasteiger partial charge is 0.320 e. The maximum atomic E-state index is 13.5. The first kappa shape index (κ1) is 35.3. The number of nitrogens with one attached hydrogen (secondary N) is 3. The largest absolute Gasteiger partial charge is 0.455 e. The Bertz CT molecular complexity index is 1550. The number of carbonyl (C=O) groups excluding carboxylic acids is 1. The molecule has 1 unspecified atom stereocenters. The van der Waals surface area contributed by atoms with E-state index in [1.165, 1.54) is 13.2 Å². The highest BCUT2D eigenvalue weighted by Crippen LogP contribution is 2.31. The highest BCUT2D eigenvalue weighted by molar-refractivity contribution is 7.79. The van der Waals surface area contributed by atoms with Crippen LogP contribution in [-0.4, -0.2) is 55.9 Å². The molecule has 0 saturated carbocycles. The monoisotopic (exact) mass is 629 g/mol. The standard InChI is InChI=1S/C27H30ClN7O4.C2H6.CH4S/c1-14-7-19(16(3)33-21-5-6-22(28)34-23(21)27(30-4)35-38-13-36)26-20(8-14)24(37)15(2)25(39-26)17(9-29)10-32-18-11-31-12-18;2*1-2/h5-10,13,16,18,31,33H,11-12,29H2,1-4H3,(H,30,35);1-2H3;2H,1H3/b17-9+,32-10?;;. The molecule has 4 rings (SSSR count). The molecular weight excluding hydrogens is 590 g/mol. The molecule has 5 N–H and O–H groups in total. The Hall–Kier alpha value is -3.87. The number of aromatic nitrogens is 1. The van der Waals surface area contributed by atoms with Crippen molar-refractivity contribution < 1.29 is 14.0 Å².